The minimum Gasteiger partial charge on any atom is -0.510 e. The first-order valence-corrected chi connectivity index (χ1v) is 22.7. The van der Waals surface area contributed by atoms with Gasteiger partial charge in [-0.2, -0.15) is 92.2 Å². The number of anilines is 10. The predicted octanol–water partition coefficient (Wildman–Crippen LogP) is 13.7. The number of pyridine rings is 2. The van der Waals surface area contributed by atoms with E-state index in [1.54, 1.807) is 24.5 Å². The summed E-state index contributed by atoms with van der Waals surface area (Å²) in [5.74, 6) is 1.12. The van der Waals surface area contributed by atoms with E-state index < -0.39 is 0 Å². The summed E-state index contributed by atoms with van der Waals surface area (Å²) in [6.45, 7) is 8.45. The quantitative estimate of drug-likeness (QED) is 0.0879. The Balaban J connectivity index is 0.000000169. The molecule has 3 aliphatic heterocycles. The van der Waals surface area contributed by atoms with E-state index in [9.17, 15) is 0 Å². The number of hydrogen-bond donors (Lipinski definition) is 0. The summed E-state index contributed by atoms with van der Waals surface area (Å²) in [7, 11) is 0. The van der Waals surface area contributed by atoms with Gasteiger partial charge in [-0.25, -0.2) is 6.07 Å². The van der Waals surface area contributed by atoms with Crippen LogP contribution in [0.15, 0.2) is 200 Å². The second-order valence-corrected chi connectivity index (χ2v) is 16.1. The van der Waals surface area contributed by atoms with Crippen molar-refractivity contribution >= 4 is 56.9 Å². The predicted molar refractivity (Wildman–Crippen MR) is 272 cm³/mol. The van der Waals surface area contributed by atoms with Crippen molar-refractivity contribution in [2.45, 2.75) is 12.8 Å². The first-order chi connectivity index (χ1) is 33.7. The van der Waals surface area contributed by atoms with Crippen LogP contribution >= 0.6 is 0 Å². The number of ether oxygens (including phenoxy) is 1. The van der Waals surface area contributed by atoms with Crippen molar-refractivity contribution in [3.8, 4) is 22.9 Å². The van der Waals surface area contributed by atoms with Crippen molar-refractivity contribution in [2.75, 3.05) is 42.5 Å². The van der Waals surface area contributed by atoms with E-state index in [-0.39, 0.29) is 41.2 Å². The minimum atomic E-state index is 0. The van der Waals surface area contributed by atoms with Crippen molar-refractivity contribution < 1.29 is 45.9 Å². The van der Waals surface area contributed by atoms with Crippen molar-refractivity contribution in [1.82, 2.24) is 9.97 Å². The molecule has 0 N–H and O–H groups in total. The Kier molecular flexibility index (Phi) is 15.4. The molecule has 0 amide bonds. The summed E-state index contributed by atoms with van der Waals surface area (Å²) < 4.78 is 6.09. The van der Waals surface area contributed by atoms with Gasteiger partial charge in [0.05, 0.1) is 0 Å². The van der Waals surface area contributed by atoms with Crippen molar-refractivity contribution in [3.05, 3.63) is 251 Å². The molecule has 0 atom stereocenters. The van der Waals surface area contributed by atoms with E-state index in [0.717, 1.165) is 60.1 Å². The second-order valence-electron chi connectivity index (χ2n) is 16.1. The number of aromatic nitrogens is 2. The fraction of sp³-hybridized carbons (Fsp3) is 0.0678. The average molecular weight is 1270 g/mol. The SMILES string of the molecule is [Ir].[Pt].[c-]1c(Oc2[c-]c(-c3[c-]cccn3)ncc2)cccc1N1[CH-]N(c2ccccc2)c2ccccc21.[c-]1ccccc1N1[CH-]N(CCCCN2[CH-]N(c3[c-]cccc3)c3ccccc32)c2ccccc21. The van der Waals surface area contributed by atoms with Crippen LogP contribution < -0.4 is 34.1 Å². The number of rotatable bonds is 12. The average Bonchev–Trinajstić information content (AvgIpc) is 4.11. The molecular formula is C59H44IrN8OPt-8. The third-order valence-electron chi connectivity index (χ3n) is 11.8. The van der Waals surface area contributed by atoms with Gasteiger partial charge >= 0.3 is 0 Å². The molecule has 0 bridgehead atoms. The van der Waals surface area contributed by atoms with Gasteiger partial charge in [-0.15, -0.1) is 65.5 Å². The summed E-state index contributed by atoms with van der Waals surface area (Å²) in [4.78, 5) is 22.1. The maximum Gasteiger partial charge on any atom is 0.0344 e. The number of hydrogen-bond acceptors (Lipinski definition) is 9. The summed E-state index contributed by atoms with van der Waals surface area (Å²) in [6.07, 6.45) is 5.58. The fourth-order valence-corrected chi connectivity index (χ4v) is 8.58. The molecule has 12 rings (SSSR count). The van der Waals surface area contributed by atoms with Gasteiger partial charge in [-0.05, 0) is 86.9 Å². The molecule has 9 nitrogen and oxygen atoms in total. The Labute approximate surface area is 438 Å². The normalized spacial score (nSPS) is 13.1. The van der Waals surface area contributed by atoms with Crippen LogP contribution in [0.1, 0.15) is 12.8 Å². The Morgan fingerprint density at radius 2 is 0.886 bits per heavy atom. The van der Waals surface area contributed by atoms with Gasteiger partial charge in [0.15, 0.2) is 0 Å². The van der Waals surface area contributed by atoms with E-state index >= 15 is 0 Å². The molecule has 0 aliphatic carbocycles. The van der Waals surface area contributed by atoms with Crippen molar-refractivity contribution in [3.63, 3.8) is 0 Å². The molecule has 70 heavy (non-hydrogen) atoms. The minimum absolute atomic E-state index is 0. The standard InChI is InChI=1S/C30H26N4.C29H18N4O.Ir.Pt/c1-3-13-25(14-4-1)33-23-31(27-17-7-9-19-29(27)33)21-11-12-22-32-24-34(26-15-5-2-6-16-26)30-20-10-8-18-28(30)32;1-2-9-22(10-3-1)32-21-33(29-15-5-4-14-28(29)32)23-11-8-12-24(19-23)34-25-16-18-31-27(20-25)26-13-6-7-17-30-26;;/h1-10,13,15,17-20,23-24H,11-12,21-22H2;1-12,14-18,21H;;/q2*-4;;. The summed E-state index contributed by atoms with van der Waals surface area (Å²) in [5, 5.41) is 0. The molecule has 0 unspecified atom stereocenters. The van der Waals surface area contributed by atoms with Crippen LogP contribution in [0.25, 0.3) is 11.4 Å². The molecule has 9 aromatic rings. The van der Waals surface area contributed by atoms with Gasteiger partial charge in [0.2, 0.25) is 0 Å². The van der Waals surface area contributed by atoms with Gasteiger partial charge in [-0.3, -0.25) is 0 Å². The smallest absolute Gasteiger partial charge is 0.0344 e. The zero-order valence-corrected chi connectivity index (χ0v) is 42.4. The van der Waals surface area contributed by atoms with Crippen molar-refractivity contribution in [2.24, 2.45) is 0 Å². The molecule has 1 radical (unpaired) electrons. The first-order valence-electron chi connectivity index (χ1n) is 22.7. The fourth-order valence-electron chi connectivity index (χ4n) is 8.58. The number of para-hydroxylation sites is 9. The third kappa shape index (κ3) is 10.4. The monoisotopic (exact) mass is 1270 g/mol. The van der Waals surface area contributed by atoms with Crippen LogP contribution in [0.4, 0.5) is 56.9 Å². The van der Waals surface area contributed by atoms with Crippen LogP contribution in [0.3, 0.4) is 0 Å². The Morgan fingerprint density at radius 3 is 1.46 bits per heavy atom. The van der Waals surface area contributed by atoms with Gasteiger partial charge < -0.3 is 44.1 Å². The zero-order chi connectivity index (χ0) is 45.5. The molecule has 0 fully saturated rings. The van der Waals surface area contributed by atoms with Crippen LogP contribution in [-0.2, 0) is 41.2 Å². The van der Waals surface area contributed by atoms with Crippen LogP contribution in [0, 0.1) is 50.3 Å². The van der Waals surface area contributed by atoms with E-state index in [1.165, 1.54) is 22.7 Å². The summed E-state index contributed by atoms with van der Waals surface area (Å²) in [6, 6.07) is 79.6. The Morgan fingerprint density at radius 1 is 0.400 bits per heavy atom. The molecule has 0 spiro atoms. The molecule has 0 saturated heterocycles. The molecule has 11 heteroatoms. The molecule has 0 saturated carbocycles. The molecule has 7 aromatic carbocycles. The second kappa shape index (κ2) is 22.5. The van der Waals surface area contributed by atoms with Gasteiger partial charge in [0.25, 0.3) is 0 Å². The molecule has 5 heterocycles. The Bertz CT molecular complexity index is 3000. The molecule has 2 aromatic heterocycles. The van der Waals surface area contributed by atoms with Crippen LogP contribution in [-0.4, -0.2) is 23.1 Å². The largest absolute Gasteiger partial charge is 0.510 e. The van der Waals surface area contributed by atoms with E-state index in [0.29, 0.717) is 22.9 Å². The van der Waals surface area contributed by atoms with E-state index in [1.807, 2.05) is 78.9 Å². The molecule has 353 valence electrons. The topological polar surface area (TPSA) is 54.5 Å². The van der Waals surface area contributed by atoms with E-state index in [2.05, 4.69) is 187 Å². The number of nitrogens with zero attached hydrogens (tertiary/aromatic N) is 8. The van der Waals surface area contributed by atoms with Crippen LogP contribution in [0.2, 0.25) is 0 Å². The summed E-state index contributed by atoms with van der Waals surface area (Å²) >= 11 is 0. The van der Waals surface area contributed by atoms with Crippen molar-refractivity contribution in [1.29, 1.82) is 0 Å². The number of benzene rings is 7. The first kappa shape index (κ1) is 47.8. The maximum absolute atomic E-state index is 6.09. The van der Waals surface area contributed by atoms with Crippen LogP contribution in [0.5, 0.6) is 11.5 Å². The van der Waals surface area contributed by atoms with Gasteiger partial charge in [0.1, 0.15) is 0 Å². The van der Waals surface area contributed by atoms with Gasteiger partial charge in [0, 0.05) is 92.5 Å². The number of fused-ring (bicyclic) bond motifs is 3. The zero-order valence-electron chi connectivity index (χ0n) is 37.7. The molecular weight excluding hydrogens is 1220 g/mol. The Hall–Kier alpha value is -7.22. The van der Waals surface area contributed by atoms with Gasteiger partial charge in [-0.1, -0.05) is 54.6 Å². The van der Waals surface area contributed by atoms with E-state index in [4.69, 9.17) is 4.74 Å². The number of unbranched alkanes of at least 4 members (excludes halogenated alkanes) is 1. The summed E-state index contributed by atoms with van der Waals surface area (Å²) in [5.41, 5.74) is 12.4. The molecule has 3 aliphatic rings. The third-order valence-corrected chi connectivity index (χ3v) is 11.8. The maximum atomic E-state index is 6.09.